The van der Waals surface area contributed by atoms with Crippen LogP contribution in [0.4, 0.5) is 19.1 Å². The summed E-state index contributed by atoms with van der Waals surface area (Å²) in [7, 11) is 0. The minimum absolute atomic E-state index is 0.132. The average Bonchev–Trinajstić information content (AvgIpc) is 2.45. The highest BCUT2D eigenvalue weighted by molar-refractivity contribution is 6.28. The number of anilines is 1. The maximum atomic E-state index is 12.6. The first kappa shape index (κ1) is 16.4. The average molecular weight is 332 g/mol. The van der Waals surface area contributed by atoms with E-state index in [0.717, 1.165) is 12.0 Å². The van der Waals surface area contributed by atoms with Crippen LogP contribution in [0.15, 0.2) is 24.5 Å². The highest BCUT2D eigenvalue weighted by Gasteiger charge is 2.35. The molecule has 2 aromatic heterocycles. The predicted molar refractivity (Wildman–Crippen MR) is 75.5 cm³/mol. The van der Waals surface area contributed by atoms with Crippen molar-refractivity contribution in [2.75, 3.05) is 5.32 Å². The first-order valence-electron chi connectivity index (χ1n) is 6.49. The Balaban J connectivity index is 1.99. The van der Waals surface area contributed by atoms with Crippen molar-refractivity contribution in [3.05, 3.63) is 41.2 Å². The third-order valence-corrected chi connectivity index (χ3v) is 3.02. The van der Waals surface area contributed by atoms with Crippen LogP contribution >= 0.6 is 11.6 Å². The van der Waals surface area contributed by atoms with Gasteiger partial charge in [0.05, 0.1) is 0 Å². The number of pyridine rings is 1. The van der Waals surface area contributed by atoms with Crippen molar-refractivity contribution in [3.8, 4) is 0 Å². The summed E-state index contributed by atoms with van der Waals surface area (Å²) < 4.78 is 37.8. The highest BCUT2D eigenvalue weighted by atomic mass is 35.5. The van der Waals surface area contributed by atoms with Crippen molar-refractivity contribution in [1.29, 1.82) is 0 Å². The molecule has 0 saturated heterocycles. The SMILES string of the molecule is CC(CCc1ccncc1)Nc1nc(Cl)nc(C(F)(F)F)n1. The van der Waals surface area contributed by atoms with Crippen LogP contribution in [0, 0.1) is 0 Å². The van der Waals surface area contributed by atoms with Crippen molar-refractivity contribution >= 4 is 17.5 Å². The summed E-state index contributed by atoms with van der Waals surface area (Å²) in [5, 5.41) is 2.31. The van der Waals surface area contributed by atoms with Crippen LogP contribution in [-0.2, 0) is 12.6 Å². The highest BCUT2D eigenvalue weighted by Crippen LogP contribution is 2.27. The van der Waals surface area contributed by atoms with Gasteiger partial charge in [0.25, 0.3) is 0 Å². The first-order chi connectivity index (χ1) is 10.3. The fraction of sp³-hybridized carbons (Fsp3) is 0.385. The Kier molecular flexibility index (Phi) is 5.12. The molecule has 0 fully saturated rings. The van der Waals surface area contributed by atoms with Gasteiger partial charge in [0.15, 0.2) is 0 Å². The maximum absolute atomic E-state index is 12.6. The van der Waals surface area contributed by atoms with E-state index in [1.54, 1.807) is 12.4 Å². The van der Waals surface area contributed by atoms with E-state index in [2.05, 4.69) is 25.3 Å². The Morgan fingerprint density at radius 1 is 1.18 bits per heavy atom. The Bertz CT molecular complexity index is 621. The van der Waals surface area contributed by atoms with Crippen molar-refractivity contribution < 1.29 is 13.2 Å². The largest absolute Gasteiger partial charge is 0.451 e. The fourth-order valence-corrected chi connectivity index (χ4v) is 1.93. The number of hydrogen-bond donors (Lipinski definition) is 1. The number of alkyl halides is 3. The van der Waals surface area contributed by atoms with E-state index in [0.29, 0.717) is 6.42 Å². The molecule has 5 nitrogen and oxygen atoms in total. The van der Waals surface area contributed by atoms with Crippen LogP contribution in [0.3, 0.4) is 0 Å². The van der Waals surface area contributed by atoms with Gasteiger partial charge in [-0.3, -0.25) is 4.98 Å². The molecule has 1 atom stereocenters. The molecule has 0 radical (unpaired) electrons. The third kappa shape index (κ3) is 4.80. The van der Waals surface area contributed by atoms with Gasteiger partial charge in [-0.25, -0.2) is 0 Å². The minimum Gasteiger partial charge on any atom is -0.352 e. The summed E-state index contributed by atoms with van der Waals surface area (Å²) in [6, 6.07) is 3.63. The molecule has 2 heterocycles. The van der Waals surface area contributed by atoms with Gasteiger partial charge in [0, 0.05) is 18.4 Å². The van der Waals surface area contributed by atoms with Crippen molar-refractivity contribution in [2.24, 2.45) is 0 Å². The second-order valence-corrected chi connectivity index (χ2v) is 5.03. The molecule has 0 spiro atoms. The van der Waals surface area contributed by atoms with Gasteiger partial charge >= 0.3 is 6.18 Å². The molecular formula is C13H13ClF3N5. The van der Waals surface area contributed by atoms with Gasteiger partial charge in [0.1, 0.15) is 0 Å². The molecule has 0 aliphatic carbocycles. The van der Waals surface area contributed by atoms with Crippen LogP contribution in [0.2, 0.25) is 5.28 Å². The number of nitrogens with one attached hydrogen (secondary N) is 1. The Morgan fingerprint density at radius 2 is 1.86 bits per heavy atom. The summed E-state index contributed by atoms with van der Waals surface area (Å²) in [4.78, 5) is 14.0. The van der Waals surface area contributed by atoms with E-state index in [9.17, 15) is 13.2 Å². The summed E-state index contributed by atoms with van der Waals surface area (Å²) in [6.07, 6.45) is 0.156. The van der Waals surface area contributed by atoms with Crippen LogP contribution < -0.4 is 5.32 Å². The van der Waals surface area contributed by atoms with E-state index >= 15 is 0 Å². The molecule has 2 aromatic rings. The smallest absolute Gasteiger partial charge is 0.352 e. The molecule has 22 heavy (non-hydrogen) atoms. The van der Waals surface area contributed by atoms with Gasteiger partial charge in [-0.05, 0) is 49.1 Å². The molecule has 118 valence electrons. The van der Waals surface area contributed by atoms with Gasteiger partial charge in [0.2, 0.25) is 17.1 Å². The van der Waals surface area contributed by atoms with E-state index in [-0.39, 0.29) is 12.0 Å². The lowest BCUT2D eigenvalue weighted by atomic mass is 10.1. The summed E-state index contributed by atoms with van der Waals surface area (Å²) in [5.41, 5.74) is 1.09. The monoisotopic (exact) mass is 331 g/mol. The lowest BCUT2D eigenvalue weighted by Crippen LogP contribution is -2.20. The van der Waals surface area contributed by atoms with Gasteiger partial charge in [-0.1, -0.05) is 0 Å². The maximum Gasteiger partial charge on any atom is 0.451 e. The van der Waals surface area contributed by atoms with Crippen molar-refractivity contribution in [1.82, 2.24) is 19.9 Å². The van der Waals surface area contributed by atoms with E-state index in [1.807, 2.05) is 19.1 Å². The molecule has 1 unspecified atom stereocenters. The number of halogens is 4. The molecular weight excluding hydrogens is 319 g/mol. The van der Waals surface area contributed by atoms with Crippen molar-refractivity contribution in [2.45, 2.75) is 32.0 Å². The first-order valence-corrected chi connectivity index (χ1v) is 6.86. The third-order valence-electron chi connectivity index (χ3n) is 2.85. The van der Waals surface area contributed by atoms with Crippen LogP contribution in [0.25, 0.3) is 0 Å². The molecule has 0 aliphatic heterocycles. The summed E-state index contributed by atoms with van der Waals surface area (Å²) >= 11 is 5.50. The lowest BCUT2D eigenvalue weighted by molar-refractivity contribution is -0.145. The van der Waals surface area contributed by atoms with Crippen LogP contribution in [0.5, 0.6) is 0 Å². The van der Waals surface area contributed by atoms with E-state index in [1.165, 1.54) is 0 Å². The Labute approximate surface area is 130 Å². The zero-order valence-electron chi connectivity index (χ0n) is 11.6. The van der Waals surface area contributed by atoms with Crippen LogP contribution in [-0.4, -0.2) is 26.0 Å². The topological polar surface area (TPSA) is 63.6 Å². The van der Waals surface area contributed by atoms with E-state index in [4.69, 9.17) is 11.6 Å². The normalized spacial score (nSPS) is 13.0. The molecule has 0 saturated carbocycles. The van der Waals surface area contributed by atoms with Gasteiger partial charge in [-0.2, -0.15) is 28.1 Å². The van der Waals surface area contributed by atoms with Gasteiger partial charge in [-0.15, -0.1) is 0 Å². The number of nitrogens with zero attached hydrogens (tertiary/aromatic N) is 4. The number of aryl methyl sites for hydroxylation is 1. The minimum atomic E-state index is -4.66. The predicted octanol–water partition coefficient (Wildman–Crippen LogP) is 3.37. The summed E-state index contributed by atoms with van der Waals surface area (Å²) in [5.74, 6) is -1.49. The molecule has 0 aliphatic rings. The van der Waals surface area contributed by atoms with Gasteiger partial charge < -0.3 is 5.32 Å². The fourth-order valence-electron chi connectivity index (χ4n) is 1.77. The second kappa shape index (κ2) is 6.87. The number of rotatable bonds is 5. The zero-order valence-corrected chi connectivity index (χ0v) is 12.4. The molecule has 0 bridgehead atoms. The Morgan fingerprint density at radius 3 is 2.50 bits per heavy atom. The zero-order chi connectivity index (χ0) is 16.2. The standard InChI is InChI=1S/C13H13ClF3N5/c1-8(2-3-9-4-6-18-7-5-9)19-12-21-10(13(15,16)17)20-11(14)22-12/h4-8H,2-3H2,1H3,(H,19,20,21,22). The second-order valence-electron chi connectivity index (χ2n) is 4.69. The molecule has 0 amide bonds. The van der Waals surface area contributed by atoms with Crippen molar-refractivity contribution in [3.63, 3.8) is 0 Å². The molecule has 0 aromatic carbocycles. The lowest BCUT2D eigenvalue weighted by Gasteiger charge is -2.14. The van der Waals surface area contributed by atoms with Crippen LogP contribution in [0.1, 0.15) is 24.7 Å². The molecule has 9 heteroatoms. The quantitative estimate of drug-likeness (QED) is 0.910. The number of aromatic nitrogens is 4. The summed E-state index contributed by atoms with van der Waals surface area (Å²) in [6.45, 7) is 1.83. The number of hydrogen-bond acceptors (Lipinski definition) is 5. The Hall–Kier alpha value is -1.96. The van der Waals surface area contributed by atoms with E-state index < -0.39 is 17.3 Å². The molecule has 1 N–H and O–H groups in total. The molecule has 2 rings (SSSR count).